The largest absolute Gasteiger partial charge is 0.0946 e. The van der Waals surface area contributed by atoms with Crippen molar-refractivity contribution in [3.05, 3.63) is 136 Å². The molecule has 0 aliphatic heterocycles. The van der Waals surface area contributed by atoms with E-state index in [-0.39, 0.29) is 5.92 Å². The van der Waals surface area contributed by atoms with Crippen molar-refractivity contribution in [3.8, 4) is 0 Å². The maximum atomic E-state index is 4.85. The molecule has 0 spiro atoms. The molecule has 0 nitrogen and oxygen atoms in total. The molecule has 0 fully saturated rings. The molecule has 0 heterocycles. The van der Waals surface area contributed by atoms with Crippen LogP contribution in [0.3, 0.4) is 0 Å². The molecule has 4 unspecified atom stereocenters. The lowest BCUT2D eigenvalue weighted by molar-refractivity contribution is 0.547. The number of hydrogen-bond acceptors (Lipinski definition) is 0. The van der Waals surface area contributed by atoms with Gasteiger partial charge in [0.15, 0.2) is 0 Å². The van der Waals surface area contributed by atoms with E-state index in [4.69, 9.17) is 13.2 Å². The van der Waals surface area contributed by atoms with Crippen LogP contribution in [-0.2, 0) is 0 Å². The number of benzene rings is 1. The molecule has 0 radical (unpaired) electrons. The number of hydrogen-bond donors (Lipinski definition) is 0. The van der Waals surface area contributed by atoms with Crippen LogP contribution in [0.2, 0.25) is 0 Å². The van der Waals surface area contributed by atoms with Crippen molar-refractivity contribution in [2.75, 3.05) is 0 Å². The smallest absolute Gasteiger partial charge is 0.0127 e. The normalized spacial score (nSPS) is 26.0. The molecule has 1 aromatic rings. The second-order valence-electron chi connectivity index (χ2n) is 19.6. The Bertz CT molecular complexity index is 2240. The predicted octanol–water partition coefficient (Wildman–Crippen LogP) is 16.1. The second kappa shape index (κ2) is 13.1. The van der Waals surface area contributed by atoms with Crippen molar-refractivity contribution < 1.29 is 0 Å². The van der Waals surface area contributed by atoms with E-state index in [1.54, 1.807) is 66.8 Å². The monoisotopic (exact) mass is 719 g/mol. The van der Waals surface area contributed by atoms with Gasteiger partial charge in [0.25, 0.3) is 0 Å². The molecule has 0 bridgehead atoms. The molecular weight excluding hydrogens is 649 g/mol. The second-order valence-corrected chi connectivity index (χ2v) is 19.6. The van der Waals surface area contributed by atoms with Crippen LogP contribution in [0.5, 0.6) is 0 Å². The fourth-order valence-corrected chi connectivity index (χ4v) is 12.4. The first-order valence-corrected chi connectivity index (χ1v) is 21.4. The Hall–Kier alpha value is -3.38. The summed E-state index contributed by atoms with van der Waals surface area (Å²) in [5.74, 6) is 3.45. The average Bonchev–Trinajstić information content (AvgIpc) is 3.85. The SMILES string of the molecule is C=C1C2=C(C3=C(C)C(C)=C(C4=C(C)c5c(C(C)C)c6c(c(C(C)C)c5C4C(C)C)C(C)=C(C)C6C(C)C)C3)C(C)C(=C)C2=C(C2=C(C)C(C)=C(C)C2)C1C. The Morgan fingerprint density at radius 2 is 0.852 bits per heavy atom. The van der Waals surface area contributed by atoms with Crippen molar-refractivity contribution in [1.29, 1.82) is 0 Å². The maximum Gasteiger partial charge on any atom is 0.0127 e. The lowest BCUT2D eigenvalue weighted by atomic mass is 9.72. The Morgan fingerprint density at radius 1 is 0.463 bits per heavy atom. The van der Waals surface area contributed by atoms with Gasteiger partial charge in [-0.25, -0.2) is 0 Å². The molecule has 286 valence electrons. The molecule has 0 N–H and O–H groups in total. The van der Waals surface area contributed by atoms with Gasteiger partial charge in [-0.15, -0.1) is 0 Å². The number of rotatable bonds is 7. The van der Waals surface area contributed by atoms with Crippen molar-refractivity contribution in [2.45, 2.75) is 161 Å². The van der Waals surface area contributed by atoms with Crippen LogP contribution in [0.4, 0.5) is 0 Å². The summed E-state index contributed by atoms with van der Waals surface area (Å²) in [5.41, 5.74) is 36.7. The molecule has 7 rings (SSSR count). The first-order valence-electron chi connectivity index (χ1n) is 21.4. The molecule has 0 amide bonds. The quantitative estimate of drug-likeness (QED) is 0.263. The lowest BCUT2D eigenvalue weighted by Gasteiger charge is -2.32. The van der Waals surface area contributed by atoms with Crippen molar-refractivity contribution in [2.24, 2.45) is 23.7 Å². The summed E-state index contributed by atoms with van der Waals surface area (Å²) in [6.45, 7) is 53.4. The first kappa shape index (κ1) is 38.9. The van der Waals surface area contributed by atoms with E-state index in [1.165, 1.54) is 66.9 Å². The van der Waals surface area contributed by atoms with Gasteiger partial charge in [0.05, 0.1) is 0 Å². The Morgan fingerprint density at radius 3 is 1.26 bits per heavy atom. The third kappa shape index (κ3) is 4.99. The van der Waals surface area contributed by atoms with Crippen molar-refractivity contribution >= 4 is 11.1 Å². The van der Waals surface area contributed by atoms with E-state index in [9.17, 15) is 0 Å². The van der Waals surface area contributed by atoms with Gasteiger partial charge in [0.1, 0.15) is 0 Å². The summed E-state index contributed by atoms with van der Waals surface area (Å²) < 4.78 is 0. The summed E-state index contributed by atoms with van der Waals surface area (Å²) >= 11 is 0. The molecule has 6 aliphatic carbocycles. The van der Waals surface area contributed by atoms with E-state index in [0.717, 1.165) is 12.8 Å². The average molecular weight is 719 g/mol. The molecule has 1 aromatic carbocycles. The van der Waals surface area contributed by atoms with Gasteiger partial charge in [0.2, 0.25) is 0 Å². The molecular formula is C54H70. The van der Waals surface area contributed by atoms with Crippen molar-refractivity contribution in [1.82, 2.24) is 0 Å². The van der Waals surface area contributed by atoms with Crippen LogP contribution in [0.25, 0.3) is 11.1 Å². The van der Waals surface area contributed by atoms with E-state index in [1.807, 2.05) is 0 Å². The van der Waals surface area contributed by atoms with Crippen LogP contribution < -0.4 is 0 Å². The number of fused-ring (bicyclic) bond motifs is 3. The summed E-state index contributed by atoms with van der Waals surface area (Å²) in [6, 6.07) is 0. The zero-order valence-electron chi connectivity index (χ0n) is 37.4. The molecule has 0 saturated heterocycles. The summed E-state index contributed by atoms with van der Waals surface area (Å²) in [7, 11) is 0. The fraction of sp³-hybridized carbons (Fsp3) is 0.519. The highest BCUT2D eigenvalue weighted by Crippen LogP contribution is 2.63. The van der Waals surface area contributed by atoms with E-state index < -0.39 is 0 Å². The van der Waals surface area contributed by atoms with Crippen LogP contribution in [0.15, 0.2) is 102 Å². The standard InChI is InChI=1S/C54H70/c1-23(2)42-32(14)35(17)49-44(25(5)6)54-43(24(3)4)48(38(20)52(54)45(26(7)8)53(42)49)41-22-40(30(12)31(41)13)47-34(16)37(19)50-46(33(15)36(18)51(47)50)39-21-27(9)28(10)29(39)11/h23-26,33-34,42-43H,18-19,21-22H2,1-17,20H3. The van der Waals surface area contributed by atoms with E-state index >= 15 is 0 Å². The molecule has 0 heteroatoms. The minimum atomic E-state index is 0.287. The van der Waals surface area contributed by atoms with E-state index in [0.29, 0.717) is 41.4 Å². The van der Waals surface area contributed by atoms with Gasteiger partial charge < -0.3 is 0 Å². The van der Waals surface area contributed by atoms with E-state index in [2.05, 4.69) is 125 Å². The Kier molecular flexibility index (Phi) is 9.43. The number of allylic oxidation sites excluding steroid dienone is 18. The van der Waals surface area contributed by atoms with Crippen LogP contribution in [0.1, 0.15) is 195 Å². The van der Waals surface area contributed by atoms with Gasteiger partial charge in [0, 0.05) is 23.7 Å². The minimum Gasteiger partial charge on any atom is -0.0946 e. The van der Waals surface area contributed by atoms with Gasteiger partial charge >= 0.3 is 0 Å². The van der Waals surface area contributed by atoms with Gasteiger partial charge in [-0.1, -0.05) is 93.5 Å². The minimum absolute atomic E-state index is 0.287. The highest BCUT2D eigenvalue weighted by Gasteiger charge is 2.47. The zero-order chi connectivity index (χ0) is 39.9. The van der Waals surface area contributed by atoms with Gasteiger partial charge in [-0.2, -0.15) is 0 Å². The summed E-state index contributed by atoms with van der Waals surface area (Å²) in [6.07, 6.45) is 2.06. The maximum absolute atomic E-state index is 4.85. The topological polar surface area (TPSA) is 0 Å². The van der Waals surface area contributed by atoms with Crippen LogP contribution in [0, 0.1) is 23.7 Å². The fourth-order valence-electron chi connectivity index (χ4n) is 12.4. The summed E-state index contributed by atoms with van der Waals surface area (Å²) in [5, 5.41) is 0. The molecule has 4 atom stereocenters. The van der Waals surface area contributed by atoms with Crippen LogP contribution in [-0.4, -0.2) is 0 Å². The highest BCUT2D eigenvalue weighted by atomic mass is 14.5. The predicted molar refractivity (Wildman–Crippen MR) is 237 cm³/mol. The molecule has 54 heavy (non-hydrogen) atoms. The first-order chi connectivity index (χ1) is 25.2. The van der Waals surface area contributed by atoms with Crippen molar-refractivity contribution in [3.63, 3.8) is 0 Å². The summed E-state index contributed by atoms with van der Waals surface area (Å²) in [4.78, 5) is 0. The zero-order valence-corrected chi connectivity index (χ0v) is 37.4. The van der Waals surface area contributed by atoms with Gasteiger partial charge in [-0.3, -0.25) is 0 Å². The Labute approximate surface area is 330 Å². The highest BCUT2D eigenvalue weighted by molar-refractivity contribution is 5.92. The molecule has 6 aliphatic rings. The molecule has 0 saturated carbocycles. The van der Waals surface area contributed by atoms with Gasteiger partial charge in [-0.05, 0) is 214 Å². The van der Waals surface area contributed by atoms with Crippen LogP contribution >= 0.6 is 0 Å². The Balaban J connectivity index is 1.43. The third-order valence-electron chi connectivity index (χ3n) is 15.5. The molecule has 0 aromatic heterocycles. The lowest BCUT2D eigenvalue weighted by Crippen LogP contribution is -2.17. The third-order valence-corrected chi connectivity index (χ3v) is 15.5.